The first-order chi connectivity index (χ1) is 11.6. The number of esters is 1. The average molecular weight is 330 g/mol. The van der Waals surface area contributed by atoms with E-state index in [1.807, 2.05) is 24.3 Å². The van der Waals surface area contributed by atoms with Gasteiger partial charge in [0.15, 0.2) is 0 Å². The van der Waals surface area contributed by atoms with E-state index in [1.165, 1.54) is 0 Å². The lowest BCUT2D eigenvalue weighted by Crippen LogP contribution is -2.45. The zero-order valence-electron chi connectivity index (χ0n) is 13.9. The first-order valence-electron chi connectivity index (χ1n) is 8.27. The van der Waals surface area contributed by atoms with Crippen LogP contribution in [-0.2, 0) is 14.3 Å². The molecule has 3 rings (SSSR count). The molecule has 2 unspecified atom stereocenters. The second-order valence-electron chi connectivity index (χ2n) is 5.92. The van der Waals surface area contributed by atoms with Gasteiger partial charge < -0.3 is 20.1 Å². The fourth-order valence-electron chi connectivity index (χ4n) is 3.30. The number of allylic oxidation sites excluding steroid dienone is 1. The van der Waals surface area contributed by atoms with E-state index >= 15 is 0 Å². The summed E-state index contributed by atoms with van der Waals surface area (Å²) in [5.41, 5.74) is 2.84. The Kier molecular flexibility index (Phi) is 4.85. The third-order valence-corrected chi connectivity index (χ3v) is 4.35. The van der Waals surface area contributed by atoms with Crippen molar-refractivity contribution in [1.29, 1.82) is 0 Å². The quantitative estimate of drug-likeness (QED) is 0.832. The van der Waals surface area contributed by atoms with Gasteiger partial charge in [0.05, 0.1) is 24.3 Å². The van der Waals surface area contributed by atoms with Crippen LogP contribution in [0.1, 0.15) is 50.0 Å². The second-order valence-corrected chi connectivity index (χ2v) is 5.92. The van der Waals surface area contributed by atoms with Crippen molar-refractivity contribution >= 4 is 12.0 Å². The number of benzene rings is 1. The van der Waals surface area contributed by atoms with Crippen LogP contribution in [-0.4, -0.2) is 25.2 Å². The van der Waals surface area contributed by atoms with Gasteiger partial charge in [0.1, 0.15) is 0 Å². The molecule has 6 heteroatoms. The van der Waals surface area contributed by atoms with Crippen LogP contribution in [0.25, 0.3) is 0 Å². The predicted molar refractivity (Wildman–Crippen MR) is 88.1 cm³/mol. The lowest BCUT2D eigenvalue weighted by Gasteiger charge is -2.30. The van der Waals surface area contributed by atoms with Gasteiger partial charge in [-0.2, -0.15) is 0 Å². The number of nitrogens with one attached hydrogen (secondary N) is 2. The maximum absolute atomic E-state index is 12.4. The molecule has 24 heavy (non-hydrogen) atoms. The molecule has 2 atom stereocenters. The number of hydrogen-bond donors (Lipinski definition) is 2. The average Bonchev–Trinajstić information content (AvgIpc) is 3.08. The molecule has 0 bridgehead atoms. The third-order valence-electron chi connectivity index (χ3n) is 4.35. The first-order valence-corrected chi connectivity index (χ1v) is 8.27. The first kappa shape index (κ1) is 16.5. The number of carbonyl (C=O) groups excluding carboxylic acids is 2. The number of ether oxygens (including phenoxy) is 2. The molecule has 1 fully saturated rings. The smallest absolute Gasteiger partial charge is 0.338 e. The molecular weight excluding hydrogens is 308 g/mol. The molecule has 0 saturated carbocycles. The van der Waals surface area contributed by atoms with Gasteiger partial charge in [0, 0.05) is 12.3 Å². The SMILES string of the molecule is CCOC(=O)C1=C(C)NC(=O)NC1c1ccccc1C1CCCO1. The normalized spacial score (nSPS) is 23.7. The standard InChI is InChI=1S/C18H22N2O4/c1-3-23-17(21)15-11(2)19-18(22)20-16(15)13-8-5-4-7-12(13)14-9-6-10-24-14/h4-5,7-8,14,16H,3,6,9-10H2,1-2H3,(H2,19,20,22). The molecule has 2 amide bonds. The Balaban J connectivity index is 2.04. The van der Waals surface area contributed by atoms with E-state index in [0.717, 1.165) is 30.6 Å². The minimum Gasteiger partial charge on any atom is -0.463 e. The van der Waals surface area contributed by atoms with Gasteiger partial charge in [-0.15, -0.1) is 0 Å². The Morgan fingerprint density at radius 2 is 2.08 bits per heavy atom. The van der Waals surface area contributed by atoms with Crippen LogP contribution >= 0.6 is 0 Å². The third kappa shape index (κ3) is 3.14. The van der Waals surface area contributed by atoms with Crippen molar-refractivity contribution in [2.24, 2.45) is 0 Å². The largest absolute Gasteiger partial charge is 0.463 e. The summed E-state index contributed by atoms with van der Waals surface area (Å²) in [6, 6.07) is 6.91. The molecule has 1 saturated heterocycles. The van der Waals surface area contributed by atoms with Crippen LogP contribution in [0.15, 0.2) is 35.5 Å². The van der Waals surface area contributed by atoms with Gasteiger partial charge in [-0.05, 0) is 37.8 Å². The summed E-state index contributed by atoms with van der Waals surface area (Å²) in [5, 5.41) is 5.51. The summed E-state index contributed by atoms with van der Waals surface area (Å²) in [6.45, 7) is 4.49. The molecule has 2 N–H and O–H groups in total. The van der Waals surface area contributed by atoms with E-state index in [2.05, 4.69) is 10.6 Å². The van der Waals surface area contributed by atoms with E-state index < -0.39 is 12.0 Å². The Hall–Kier alpha value is -2.34. The predicted octanol–water partition coefficient (Wildman–Crippen LogP) is 2.73. The van der Waals surface area contributed by atoms with Gasteiger partial charge in [0.25, 0.3) is 0 Å². The van der Waals surface area contributed by atoms with Crippen molar-refractivity contribution in [3.05, 3.63) is 46.7 Å². The summed E-state index contributed by atoms with van der Waals surface area (Å²) in [6.07, 6.45) is 1.95. The summed E-state index contributed by atoms with van der Waals surface area (Å²) in [4.78, 5) is 24.4. The summed E-state index contributed by atoms with van der Waals surface area (Å²) >= 11 is 0. The molecule has 0 spiro atoms. The monoisotopic (exact) mass is 330 g/mol. The molecule has 2 aliphatic rings. The maximum atomic E-state index is 12.4. The Bertz CT molecular complexity index is 677. The molecule has 0 aromatic heterocycles. The Morgan fingerprint density at radius 1 is 1.33 bits per heavy atom. The molecular formula is C18H22N2O4. The fourth-order valence-corrected chi connectivity index (χ4v) is 3.30. The molecule has 1 aromatic rings. The number of amides is 2. The second kappa shape index (κ2) is 7.05. The summed E-state index contributed by atoms with van der Waals surface area (Å²) in [7, 11) is 0. The molecule has 6 nitrogen and oxygen atoms in total. The lowest BCUT2D eigenvalue weighted by atomic mass is 9.89. The van der Waals surface area contributed by atoms with Crippen LogP contribution in [0.2, 0.25) is 0 Å². The van der Waals surface area contributed by atoms with Crippen LogP contribution < -0.4 is 10.6 Å². The maximum Gasteiger partial charge on any atom is 0.338 e. The van der Waals surface area contributed by atoms with E-state index in [-0.39, 0.29) is 18.7 Å². The van der Waals surface area contributed by atoms with Gasteiger partial charge in [-0.1, -0.05) is 24.3 Å². The van der Waals surface area contributed by atoms with Crippen molar-refractivity contribution in [2.45, 2.75) is 38.8 Å². The molecule has 2 aliphatic heterocycles. The Labute approximate surface area is 141 Å². The van der Waals surface area contributed by atoms with Crippen molar-refractivity contribution in [3.8, 4) is 0 Å². The Morgan fingerprint density at radius 3 is 2.75 bits per heavy atom. The van der Waals surface area contributed by atoms with Crippen LogP contribution in [0.3, 0.4) is 0 Å². The highest BCUT2D eigenvalue weighted by molar-refractivity contribution is 5.95. The molecule has 0 aliphatic carbocycles. The molecule has 1 aromatic carbocycles. The topological polar surface area (TPSA) is 76.7 Å². The highest BCUT2D eigenvalue weighted by Gasteiger charge is 2.34. The molecule has 0 radical (unpaired) electrons. The van der Waals surface area contributed by atoms with Crippen LogP contribution in [0, 0.1) is 0 Å². The van der Waals surface area contributed by atoms with E-state index in [0.29, 0.717) is 11.3 Å². The van der Waals surface area contributed by atoms with Gasteiger partial charge >= 0.3 is 12.0 Å². The number of hydrogen-bond acceptors (Lipinski definition) is 4. The number of carbonyl (C=O) groups is 2. The summed E-state index contributed by atoms with van der Waals surface area (Å²) in [5.74, 6) is -0.422. The lowest BCUT2D eigenvalue weighted by molar-refractivity contribution is -0.139. The molecule has 2 heterocycles. The van der Waals surface area contributed by atoms with Crippen LogP contribution in [0.5, 0.6) is 0 Å². The van der Waals surface area contributed by atoms with Crippen molar-refractivity contribution in [3.63, 3.8) is 0 Å². The van der Waals surface area contributed by atoms with Crippen molar-refractivity contribution in [1.82, 2.24) is 10.6 Å². The van der Waals surface area contributed by atoms with Gasteiger partial charge in [-0.3, -0.25) is 0 Å². The fraction of sp³-hybridized carbons (Fsp3) is 0.444. The highest BCUT2D eigenvalue weighted by Crippen LogP contribution is 2.36. The summed E-state index contributed by atoms with van der Waals surface area (Å²) < 4.78 is 11.0. The zero-order chi connectivity index (χ0) is 17.1. The minimum atomic E-state index is -0.543. The van der Waals surface area contributed by atoms with E-state index in [4.69, 9.17) is 9.47 Å². The molecule has 128 valence electrons. The van der Waals surface area contributed by atoms with Crippen LogP contribution in [0.4, 0.5) is 4.79 Å². The van der Waals surface area contributed by atoms with Gasteiger partial charge in [-0.25, -0.2) is 9.59 Å². The van der Waals surface area contributed by atoms with Gasteiger partial charge in [0.2, 0.25) is 0 Å². The zero-order valence-corrected chi connectivity index (χ0v) is 13.9. The van der Waals surface area contributed by atoms with E-state index in [1.54, 1.807) is 13.8 Å². The van der Waals surface area contributed by atoms with Crippen molar-refractivity contribution < 1.29 is 19.1 Å². The highest BCUT2D eigenvalue weighted by atomic mass is 16.5. The van der Waals surface area contributed by atoms with E-state index in [9.17, 15) is 9.59 Å². The number of urea groups is 1. The number of rotatable bonds is 4. The van der Waals surface area contributed by atoms with Crippen molar-refractivity contribution in [2.75, 3.05) is 13.2 Å². The minimum absolute atomic E-state index is 0.00302.